The third kappa shape index (κ3) is 4.82. The summed E-state index contributed by atoms with van der Waals surface area (Å²) in [7, 11) is -3.50. The number of fused-ring (bicyclic) bond motifs is 1. The topological polar surface area (TPSA) is 79.7 Å². The van der Waals surface area contributed by atoms with Crippen molar-refractivity contribution in [2.45, 2.75) is 56.6 Å². The van der Waals surface area contributed by atoms with E-state index in [1.165, 1.54) is 19.1 Å². The van der Waals surface area contributed by atoms with Crippen LogP contribution in [0.3, 0.4) is 0 Å². The summed E-state index contributed by atoms with van der Waals surface area (Å²) >= 11 is 0. The normalized spacial score (nSPS) is 20.2. The maximum atomic E-state index is 15.0. The Morgan fingerprint density at radius 2 is 1.97 bits per heavy atom. The maximum Gasteiger partial charge on any atom is 0.175 e. The highest BCUT2D eigenvalue weighted by Gasteiger charge is 2.34. The summed E-state index contributed by atoms with van der Waals surface area (Å²) in [4.78, 5) is 6.69. The molecule has 1 atom stereocenters. The maximum absolute atomic E-state index is 15.0. The Morgan fingerprint density at radius 3 is 2.59 bits per heavy atom. The van der Waals surface area contributed by atoms with Gasteiger partial charge in [-0.3, -0.25) is 4.98 Å². The van der Waals surface area contributed by atoms with Crippen LogP contribution in [0.4, 0.5) is 4.39 Å². The SMILES string of the molecule is Cc1c(S(C)(=O)=O)ccc(-c2cc3c(cn2)OC(C2CCN(CC(C)(C)O)CC2)C3)c1F. The van der Waals surface area contributed by atoms with Crippen LogP contribution >= 0.6 is 0 Å². The van der Waals surface area contributed by atoms with E-state index >= 15 is 0 Å². The molecule has 0 aliphatic carbocycles. The molecule has 174 valence electrons. The molecule has 2 aliphatic heterocycles. The molecule has 1 unspecified atom stereocenters. The third-order valence-corrected chi connectivity index (χ3v) is 7.67. The minimum Gasteiger partial charge on any atom is -0.488 e. The average molecular weight is 463 g/mol. The van der Waals surface area contributed by atoms with Crippen molar-refractivity contribution in [1.82, 2.24) is 9.88 Å². The van der Waals surface area contributed by atoms with Gasteiger partial charge in [-0.05, 0) is 70.8 Å². The van der Waals surface area contributed by atoms with Gasteiger partial charge in [-0.2, -0.15) is 0 Å². The van der Waals surface area contributed by atoms with Crippen molar-refractivity contribution in [3.05, 3.63) is 41.3 Å². The first-order chi connectivity index (χ1) is 14.9. The van der Waals surface area contributed by atoms with E-state index < -0.39 is 21.3 Å². The summed E-state index contributed by atoms with van der Waals surface area (Å²) in [6.45, 7) is 7.68. The molecule has 0 amide bonds. The molecule has 8 heteroatoms. The first-order valence-electron chi connectivity index (χ1n) is 11.0. The highest BCUT2D eigenvalue weighted by Crippen LogP contribution is 2.37. The number of rotatable bonds is 5. The number of hydrogen-bond donors (Lipinski definition) is 1. The molecule has 0 bridgehead atoms. The van der Waals surface area contributed by atoms with E-state index in [9.17, 15) is 17.9 Å². The van der Waals surface area contributed by atoms with Crippen LogP contribution in [0.5, 0.6) is 5.75 Å². The van der Waals surface area contributed by atoms with Crippen LogP contribution in [-0.4, -0.2) is 61.0 Å². The van der Waals surface area contributed by atoms with Gasteiger partial charge in [0.05, 0.1) is 22.4 Å². The van der Waals surface area contributed by atoms with E-state index in [-0.39, 0.29) is 16.6 Å². The number of piperidine rings is 1. The van der Waals surface area contributed by atoms with Gasteiger partial charge in [0.25, 0.3) is 0 Å². The Kier molecular flexibility index (Phi) is 6.07. The van der Waals surface area contributed by atoms with Crippen LogP contribution in [0.2, 0.25) is 0 Å². The summed E-state index contributed by atoms with van der Waals surface area (Å²) in [6.07, 6.45) is 5.57. The number of aromatic nitrogens is 1. The van der Waals surface area contributed by atoms with Crippen molar-refractivity contribution in [1.29, 1.82) is 0 Å². The molecule has 2 aliphatic rings. The highest BCUT2D eigenvalue weighted by molar-refractivity contribution is 7.90. The molecule has 6 nitrogen and oxygen atoms in total. The molecule has 2 aromatic rings. The van der Waals surface area contributed by atoms with Crippen molar-refractivity contribution in [3.63, 3.8) is 0 Å². The molecule has 1 fully saturated rings. The summed E-state index contributed by atoms with van der Waals surface area (Å²) in [5.74, 6) is 0.606. The quantitative estimate of drug-likeness (QED) is 0.734. The van der Waals surface area contributed by atoms with Crippen molar-refractivity contribution in [3.8, 4) is 17.0 Å². The van der Waals surface area contributed by atoms with Gasteiger partial charge < -0.3 is 14.7 Å². The number of sulfone groups is 1. The Balaban J connectivity index is 1.48. The minimum absolute atomic E-state index is 0.000708. The van der Waals surface area contributed by atoms with Gasteiger partial charge in [-0.15, -0.1) is 0 Å². The highest BCUT2D eigenvalue weighted by atomic mass is 32.2. The zero-order valence-electron chi connectivity index (χ0n) is 19.1. The van der Waals surface area contributed by atoms with Crippen molar-refractivity contribution in [2.75, 3.05) is 25.9 Å². The van der Waals surface area contributed by atoms with Gasteiger partial charge in [-0.25, -0.2) is 12.8 Å². The largest absolute Gasteiger partial charge is 0.488 e. The van der Waals surface area contributed by atoms with E-state index in [0.29, 0.717) is 23.7 Å². The van der Waals surface area contributed by atoms with Crippen molar-refractivity contribution in [2.24, 2.45) is 5.92 Å². The smallest absolute Gasteiger partial charge is 0.175 e. The number of ether oxygens (including phenoxy) is 1. The van der Waals surface area contributed by atoms with Crippen LogP contribution in [0, 0.1) is 18.7 Å². The number of hydrogen-bond acceptors (Lipinski definition) is 6. The molecule has 1 aromatic carbocycles. The molecule has 1 aromatic heterocycles. The zero-order valence-corrected chi connectivity index (χ0v) is 19.9. The fourth-order valence-electron chi connectivity index (χ4n) is 4.88. The Morgan fingerprint density at radius 1 is 1.28 bits per heavy atom. The lowest BCUT2D eigenvalue weighted by Crippen LogP contribution is -2.45. The van der Waals surface area contributed by atoms with Gasteiger partial charge in [0, 0.05) is 35.9 Å². The van der Waals surface area contributed by atoms with Gasteiger partial charge in [-0.1, -0.05) is 0 Å². The van der Waals surface area contributed by atoms with E-state index in [1.807, 2.05) is 19.9 Å². The summed E-state index contributed by atoms with van der Waals surface area (Å²) < 4.78 is 44.9. The van der Waals surface area contributed by atoms with Crippen LogP contribution in [0.15, 0.2) is 29.3 Å². The van der Waals surface area contributed by atoms with E-state index in [1.54, 1.807) is 6.20 Å². The molecule has 0 spiro atoms. The summed E-state index contributed by atoms with van der Waals surface area (Å²) in [5, 5.41) is 10.0. The average Bonchev–Trinajstić information content (AvgIpc) is 3.11. The first kappa shape index (κ1) is 23.1. The van der Waals surface area contributed by atoms with Crippen molar-refractivity contribution < 1.29 is 22.7 Å². The van der Waals surface area contributed by atoms with E-state index in [4.69, 9.17) is 4.74 Å². The van der Waals surface area contributed by atoms with Gasteiger partial charge in [0.2, 0.25) is 0 Å². The molecule has 0 radical (unpaired) electrons. The van der Waals surface area contributed by atoms with Crippen LogP contribution in [0.25, 0.3) is 11.3 Å². The number of nitrogens with zero attached hydrogens (tertiary/aromatic N) is 2. The number of benzene rings is 1. The number of β-amino-alcohol motifs (C(OH)–C–C–N with tert-alkyl or cyclic N) is 1. The third-order valence-electron chi connectivity index (χ3n) is 6.43. The first-order valence-corrected chi connectivity index (χ1v) is 12.9. The lowest BCUT2D eigenvalue weighted by molar-refractivity contribution is 0.0143. The Labute approximate surface area is 189 Å². The van der Waals surface area contributed by atoms with Crippen LogP contribution in [0.1, 0.15) is 37.8 Å². The lowest BCUT2D eigenvalue weighted by Gasteiger charge is -2.36. The van der Waals surface area contributed by atoms with Gasteiger partial charge in [0.15, 0.2) is 9.84 Å². The standard InChI is InChI=1S/C24H31FN2O4S/c1-15-22(32(4,29)30)6-5-18(23(15)25)19-11-17-12-20(31-21(17)13-26-19)16-7-9-27(10-8-16)14-24(2,3)28/h5-6,11,13,16,20,28H,7-10,12,14H2,1-4H3. The van der Waals surface area contributed by atoms with Crippen LogP contribution in [-0.2, 0) is 16.3 Å². The monoisotopic (exact) mass is 462 g/mol. The summed E-state index contributed by atoms with van der Waals surface area (Å²) in [5.41, 5.74) is 1.19. The summed E-state index contributed by atoms with van der Waals surface area (Å²) in [6, 6.07) is 4.79. The predicted molar refractivity (Wildman–Crippen MR) is 121 cm³/mol. The molecule has 1 N–H and O–H groups in total. The van der Waals surface area contributed by atoms with Gasteiger partial charge >= 0.3 is 0 Å². The molecule has 4 rings (SSSR count). The number of likely N-dealkylation sites (tertiary alicyclic amines) is 1. The zero-order chi connectivity index (χ0) is 23.3. The van der Waals surface area contributed by atoms with E-state index in [0.717, 1.165) is 49.9 Å². The van der Waals surface area contributed by atoms with Crippen molar-refractivity contribution >= 4 is 9.84 Å². The molecule has 0 saturated carbocycles. The minimum atomic E-state index is -3.50. The molecule has 3 heterocycles. The fourth-order valence-corrected chi connectivity index (χ4v) is 5.84. The molecule has 1 saturated heterocycles. The lowest BCUT2D eigenvalue weighted by atomic mass is 9.88. The second-order valence-corrected chi connectivity index (χ2v) is 11.8. The number of aliphatic hydroxyl groups is 1. The molecule has 32 heavy (non-hydrogen) atoms. The molecular weight excluding hydrogens is 431 g/mol. The second kappa shape index (κ2) is 8.39. The number of halogens is 1. The second-order valence-electron chi connectivity index (χ2n) is 9.79. The predicted octanol–water partition coefficient (Wildman–Crippen LogP) is 3.39. The fraction of sp³-hybridized carbons (Fsp3) is 0.542. The van der Waals surface area contributed by atoms with E-state index in [2.05, 4.69) is 9.88 Å². The molecular formula is C24H31FN2O4S. The Hall–Kier alpha value is -2.03. The Bertz CT molecular complexity index is 1120. The number of pyridine rings is 1. The van der Waals surface area contributed by atoms with Crippen LogP contribution < -0.4 is 4.74 Å². The van der Waals surface area contributed by atoms with Gasteiger partial charge in [0.1, 0.15) is 17.7 Å².